The summed E-state index contributed by atoms with van der Waals surface area (Å²) in [6.45, 7) is 1.68. The molecule has 17 heavy (non-hydrogen) atoms. The zero-order chi connectivity index (χ0) is 13.0. The number of nitrogens with two attached hydrogens (primary N) is 1. The number of carbonyl (C=O) groups is 2. The molecule has 0 spiro atoms. The lowest BCUT2D eigenvalue weighted by atomic mass is 10.1. The van der Waals surface area contributed by atoms with E-state index in [1.54, 1.807) is 19.1 Å². The van der Waals surface area contributed by atoms with Gasteiger partial charge in [0, 0.05) is 0 Å². The Bertz CT molecular complexity index is 445. The quantitative estimate of drug-likeness (QED) is 0.568. The molecule has 0 aromatic heterocycles. The fraction of sp³-hybridized carbons (Fsp3) is 0.273. The van der Waals surface area contributed by atoms with E-state index >= 15 is 0 Å². The number of carboxylic acids is 1. The fourth-order valence-corrected chi connectivity index (χ4v) is 1.27. The van der Waals surface area contributed by atoms with Crippen LogP contribution in [0.1, 0.15) is 12.0 Å². The van der Waals surface area contributed by atoms with E-state index in [1.165, 1.54) is 6.07 Å². The highest BCUT2D eigenvalue weighted by Gasteiger charge is 2.18. The molecule has 6 heteroatoms. The number of amides is 1. The molecule has 5 N–H and O–H groups in total. The predicted molar refractivity (Wildman–Crippen MR) is 61.7 cm³/mol. The van der Waals surface area contributed by atoms with Gasteiger partial charge in [0.1, 0.15) is 5.75 Å². The number of benzene rings is 1. The molecule has 1 unspecified atom stereocenters. The van der Waals surface area contributed by atoms with Gasteiger partial charge in [-0.15, -0.1) is 0 Å². The Hall–Kier alpha value is -2.08. The molecule has 1 aromatic carbocycles. The molecule has 0 bridgehead atoms. The lowest BCUT2D eigenvalue weighted by molar-refractivity contribution is -0.138. The Balaban J connectivity index is 2.74. The maximum absolute atomic E-state index is 11.5. The van der Waals surface area contributed by atoms with E-state index in [-0.39, 0.29) is 11.4 Å². The van der Waals surface area contributed by atoms with Crippen LogP contribution >= 0.6 is 0 Å². The summed E-state index contributed by atoms with van der Waals surface area (Å²) in [7, 11) is 0. The zero-order valence-electron chi connectivity index (χ0n) is 9.30. The van der Waals surface area contributed by atoms with Gasteiger partial charge in [-0.25, -0.2) is 0 Å². The standard InChI is InChI=1S/C11H14N2O4/c1-6-3-2-4-8(10(6)16)13-11(17)7(12)5-9(14)15/h2-4,7,16H,5,12H2,1H3,(H,13,17)(H,14,15). The van der Waals surface area contributed by atoms with Crippen LogP contribution in [0.4, 0.5) is 5.69 Å². The fourth-order valence-electron chi connectivity index (χ4n) is 1.27. The molecule has 0 radical (unpaired) electrons. The molecule has 1 atom stereocenters. The van der Waals surface area contributed by atoms with Crippen molar-refractivity contribution in [3.8, 4) is 5.75 Å². The Kier molecular flexibility index (Phi) is 4.06. The number of hydrogen-bond donors (Lipinski definition) is 4. The number of rotatable bonds is 4. The first-order valence-electron chi connectivity index (χ1n) is 4.98. The van der Waals surface area contributed by atoms with Crippen LogP contribution in [0.15, 0.2) is 18.2 Å². The van der Waals surface area contributed by atoms with Crippen LogP contribution in [0, 0.1) is 6.92 Å². The van der Waals surface area contributed by atoms with E-state index in [1.807, 2.05) is 0 Å². The molecule has 1 amide bonds. The Labute approximate surface area is 98.1 Å². The highest BCUT2D eigenvalue weighted by atomic mass is 16.4. The number of hydrogen-bond acceptors (Lipinski definition) is 4. The van der Waals surface area contributed by atoms with E-state index < -0.39 is 24.3 Å². The number of aryl methyl sites for hydroxylation is 1. The third kappa shape index (κ3) is 3.46. The van der Waals surface area contributed by atoms with Crippen molar-refractivity contribution in [2.45, 2.75) is 19.4 Å². The lowest BCUT2D eigenvalue weighted by Crippen LogP contribution is -2.37. The van der Waals surface area contributed by atoms with Crippen LogP contribution in [-0.2, 0) is 9.59 Å². The number of anilines is 1. The van der Waals surface area contributed by atoms with Crippen molar-refractivity contribution in [2.75, 3.05) is 5.32 Å². The Morgan fingerprint density at radius 3 is 2.71 bits per heavy atom. The molecular weight excluding hydrogens is 224 g/mol. The number of aromatic hydroxyl groups is 1. The van der Waals surface area contributed by atoms with Crippen LogP contribution in [0.5, 0.6) is 5.75 Å². The first-order chi connectivity index (χ1) is 7.91. The van der Waals surface area contributed by atoms with Gasteiger partial charge in [-0.05, 0) is 18.6 Å². The van der Waals surface area contributed by atoms with Gasteiger partial charge >= 0.3 is 5.97 Å². The molecule has 0 saturated heterocycles. The molecule has 0 saturated carbocycles. The second-order valence-corrected chi connectivity index (χ2v) is 3.66. The third-order valence-electron chi connectivity index (χ3n) is 2.23. The van der Waals surface area contributed by atoms with Crippen molar-refractivity contribution in [1.29, 1.82) is 0 Å². The van der Waals surface area contributed by atoms with Crippen molar-refractivity contribution < 1.29 is 19.8 Å². The van der Waals surface area contributed by atoms with Crippen molar-refractivity contribution in [1.82, 2.24) is 0 Å². The molecular formula is C11H14N2O4. The lowest BCUT2D eigenvalue weighted by Gasteiger charge is -2.12. The van der Waals surface area contributed by atoms with Gasteiger partial charge < -0.3 is 21.3 Å². The molecule has 0 aliphatic heterocycles. The summed E-state index contributed by atoms with van der Waals surface area (Å²) in [5.74, 6) is -1.85. The minimum absolute atomic E-state index is 0.0524. The molecule has 92 valence electrons. The van der Waals surface area contributed by atoms with E-state index in [4.69, 9.17) is 10.8 Å². The first-order valence-corrected chi connectivity index (χ1v) is 4.98. The monoisotopic (exact) mass is 238 g/mol. The summed E-state index contributed by atoms with van der Waals surface area (Å²) in [6, 6.07) is 3.70. The van der Waals surface area contributed by atoms with Crippen LogP contribution in [0.3, 0.4) is 0 Å². The second kappa shape index (κ2) is 5.31. The predicted octanol–water partition coefficient (Wildman–Crippen LogP) is 0.441. The summed E-state index contributed by atoms with van der Waals surface area (Å²) >= 11 is 0. The molecule has 0 aliphatic carbocycles. The summed E-state index contributed by atoms with van der Waals surface area (Å²) in [5, 5.41) is 20.5. The Morgan fingerprint density at radius 2 is 2.12 bits per heavy atom. The zero-order valence-corrected chi connectivity index (χ0v) is 9.30. The topological polar surface area (TPSA) is 113 Å². The minimum Gasteiger partial charge on any atom is -0.505 e. The smallest absolute Gasteiger partial charge is 0.305 e. The highest BCUT2D eigenvalue weighted by molar-refractivity contribution is 5.97. The summed E-state index contributed by atoms with van der Waals surface area (Å²) < 4.78 is 0. The van der Waals surface area contributed by atoms with E-state index in [9.17, 15) is 14.7 Å². The molecule has 0 aliphatic rings. The van der Waals surface area contributed by atoms with E-state index in [2.05, 4.69) is 5.32 Å². The number of para-hydroxylation sites is 1. The summed E-state index contributed by atoms with van der Waals surface area (Å²) in [6.07, 6.45) is -0.460. The van der Waals surface area contributed by atoms with Gasteiger partial charge in [0.25, 0.3) is 0 Å². The van der Waals surface area contributed by atoms with Crippen molar-refractivity contribution in [3.05, 3.63) is 23.8 Å². The number of carboxylic acid groups (broad SMARTS) is 1. The minimum atomic E-state index is -1.15. The van der Waals surface area contributed by atoms with Gasteiger partial charge in [-0.1, -0.05) is 12.1 Å². The summed E-state index contributed by atoms with van der Waals surface area (Å²) in [4.78, 5) is 21.9. The van der Waals surface area contributed by atoms with Gasteiger partial charge in [-0.2, -0.15) is 0 Å². The second-order valence-electron chi connectivity index (χ2n) is 3.66. The van der Waals surface area contributed by atoms with Crippen LogP contribution in [-0.4, -0.2) is 28.1 Å². The van der Waals surface area contributed by atoms with Crippen LogP contribution in [0.25, 0.3) is 0 Å². The van der Waals surface area contributed by atoms with E-state index in [0.717, 1.165) is 0 Å². The molecule has 1 aromatic rings. The van der Waals surface area contributed by atoms with Gasteiger partial charge in [0.05, 0.1) is 18.2 Å². The van der Waals surface area contributed by atoms with Gasteiger partial charge in [0.2, 0.25) is 5.91 Å². The third-order valence-corrected chi connectivity index (χ3v) is 2.23. The van der Waals surface area contributed by atoms with Crippen molar-refractivity contribution >= 4 is 17.6 Å². The average molecular weight is 238 g/mol. The maximum atomic E-state index is 11.5. The SMILES string of the molecule is Cc1cccc(NC(=O)C(N)CC(=O)O)c1O. The average Bonchev–Trinajstić information content (AvgIpc) is 2.23. The molecule has 0 fully saturated rings. The number of nitrogens with one attached hydrogen (secondary N) is 1. The number of carbonyl (C=O) groups excluding carboxylic acids is 1. The normalized spacial score (nSPS) is 11.9. The maximum Gasteiger partial charge on any atom is 0.305 e. The molecule has 6 nitrogen and oxygen atoms in total. The van der Waals surface area contributed by atoms with Gasteiger partial charge in [-0.3, -0.25) is 9.59 Å². The number of phenolic OH excluding ortho intramolecular Hbond substituents is 1. The molecule has 0 heterocycles. The Morgan fingerprint density at radius 1 is 1.47 bits per heavy atom. The highest BCUT2D eigenvalue weighted by Crippen LogP contribution is 2.26. The first kappa shape index (κ1) is 13.0. The van der Waals surface area contributed by atoms with Crippen LogP contribution in [0.2, 0.25) is 0 Å². The number of aliphatic carboxylic acids is 1. The van der Waals surface area contributed by atoms with Gasteiger partial charge in [0.15, 0.2) is 0 Å². The van der Waals surface area contributed by atoms with E-state index in [0.29, 0.717) is 5.56 Å². The van der Waals surface area contributed by atoms with Crippen LogP contribution < -0.4 is 11.1 Å². The largest absolute Gasteiger partial charge is 0.505 e. The van der Waals surface area contributed by atoms with Crippen molar-refractivity contribution in [2.24, 2.45) is 5.73 Å². The molecule has 1 rings (SSSR count). The van der Waals surface area contributed by atoms with Crippen molar-refractivity contribution in [3.63, 3.8) is 0 Å². The number of phenols is 1. The summed E-state index contributed by atoms with van der Waals surface area (Å²) in [5.41, 5.74) is 6.20.